The van der Waals surface area contributed by atoms with Crippen molar-refractivity contribution in [3.05, 3.63) is 24.5 Å². The second-order valence-corrected chi connectivity index (χ2v) is 5.64. The van der Waals surface area contributed by atoms with Gasteiger partial charge in [-0.3, -0.25) is 4.90 Å². The molecule has 1 N–H and O–H groups in total. The fraction of sp³-hybridized carbons (Fsp3) is 0.500. The minimum atomic E-state index is 0.450. The number of pyridine rings is 1. The van der Waals surface area contributed by atoms with Gasteiger partial charge >= 0.3 is 0 Å². The molecule has 94 valence electrons. The van der Waals surface area contributed by atoms with Gasteiger partial charge in [0.05, 0.1) is 0 Å². The second kappa shape index (κ2) is 3.48. The van der Waals surface area contributed by atoms with Crippen LogP contribution in [0.5, 0.6) is 0 Å². The van der Waals surface area contributed by atoms with E-state index in [4.69, 9.17) is 0 Å². The predicted octanol–water partition coefficient (Wildman–Crippen LogP) is 1.85. The highest BCUT2D eigenvalue weighted by Gasteiger charge is 2.47. The zero-order valence-electron chi connectivity index (χ0n) is 10.7. The second-order valence-electron chi connectivity index (χ2n) is 5.64. The molecule has 0 bridgehead atoms. The molecule has 0 radical (unpaired) electrons. The normalized spacial score (nSPS) is 28.2. The van der Waals surface area contributed by atoms with Gasteiger partial charge in [-0.15, -0.1) is 0 Å². The molecule has 2 aliphatic rings. The summed E-state index contributed by atoms with van der Waals surface area (Å²) < 4.78 is 0. The van der Waals surface area contributed by atoms with Crippen LogP contribution in [0.15, 0.2) is 24.5 Å². The van der Waals surface area contributed by atoms with Crippen molar-refractivity contribution >= 4 is 16.7 Å². The molecule has 4 heteroatoms. The maximum Gasteiger partial charge on any atom is 0.139 e. The van der Waals surface area contributed by atoms with Gasteiger partial charge in [-0.25, -0.2) is 4.98 Å². The molecule has 2 aromatic heterocycles. The number of hydrogen-bond donors (Lipinski definition) is 1. The minimum absolute atomic E-state index is 0.450. The Balaban J connectivity index is 1.70. The Bertz CT molecular complexity index is 590. The third kappa shape index (κ3) is 1.27. The number of fused-ring (bicyclic) bond motifs is 1. The lowest BCUT2D eigenvalue weighted by atomic mass is 9.85. The number of hydrogen-bond acceptors (Lipinski definition) is 3. The van der Waals surface area contributed by atoms with E-state index in [0.29, 0.717) is 5.54 Å². The maximum atomic E-state index is 4.37. The molecular weight excluding hydrogens is 224 g/mol. The first-order chi connectivity index (χ1) is 8.78. The van der Waals surface area contributed by atoms with Gasteiger partial charge in [-0.1, -0.05) is 0 Å². The lowest BCUT2D eigenvalue weighted by molar-refractivity contribution is 0.0307. The van der Waals surface area contributed by atoms with Crippen LogP contribution in [0, 0.1) is 0 Å². The van der Waals surface area contributed by atoms with Crippen molar-refractivity contribution in [2.75, 3.05) is 31.6 Å². The maximum absolute atomic E-state index is 4.37. The molecule has 18 heavy (non-hydrogen) atoms. The van der Waals surface area contributed by atoms with E-state index < -0.39 is 0 Å². The van der Waals surface area contributed by atoms with Crippen LogP contribution < -0.4 is 4.90 Å². The molecular formula is C14H18N4. The fourth-order valence-electron chi connectivity index (χ4n) is 3.45. The topological polar surface area (TPSA) is 35.2 Å². The molecule has 4 heterocycles. The van der Waals surface area contributed by atoms with Crippen LogP contribution in [-0.2, 0) is 0 Å². The van der Waals surface area contributed by atoms with Crippen molar-refractivity contribution in [3.8, 4) is 0 Å². The number of aromatic amines is 1. The third-order valence-corrected chi connectivity index (χ3v) is 4.83. The molecule has 1 spiro atoms. The van der Waals surface area contributed by atoms with Crippen molar-refractivity contribution < 1.29 is 0 Å². The number of likely N-dealkylation sites (N-methyl/N-ethyl adjacent to an activating group) is 1. The zero-order chi connectivity index (χ0) is 12.2. The van der Waals surface area contributed by atoms with Crippen LogP contribution in [0.1, 0.15) is 12.8 Å². The number of rotatable bonds is 1. The Labute approximate surface area is 107 Å². The number of H-pyrrole nitrogens is 1. The van der Waals surface area contributed by atoms with E-state index in [1.54, 1.807) is 0 Å². The number of likely N-dealkylation sites (tertiary alicyclic amines) is 1. The standard InChI is InChI=1S/C14H18N4/c1-17-8-4-14(17)5-9-18(10-14)12-3-7-16-13-11(12)2-6-15-13/h2-3,6-7H,4-5,8-10H2,1H3,(H,15,16). The number of nitrogens with zero attached hydrogens (tertiary/aromatic N) is 3. The molecule has 2 aliphatic heterocycles. The highest BCUT2D eigenvalue weighted by molar-refractivity contribution is 5.89. The summed E-state index contributed by atoms with van der Waals surface area (Å²) in [6, 6.07) is 4.28. The lowest BCUT2D eigenvalue weighted by Crippen LogP contribution is -2.59. The third-order valence-electron chi connectivity index (χ3n) is 4.83. The van der Waals surface area contributed by atoms with Crippen molar-refractivity contribution in [3.63, 3.8) is 0 Å². The van der Waals surface area contributed by atoms with Crippen LogP contribution in [-0.4, -0.2) is 47.1 Å². The van der Waals surface area contributed by atoms with Gasteiger partial charge in [0, 0.05) is 48.6 Å². The van der Waals surface area contributed by atoms with E-state index >= 15 is 0 Å². The van der Waals surface area contributed by atoms with Crippen molar-refractivity contribution in [1.82, 2.24) is 14.9 Å². The number of aromatic nitrogens is 2. The summed E-state index contributed by atoms with van der Waals surface area (Å²) in [6.07, 6.45) is 6.52. The van der Waals surface area contributed by atoms with Gasteiger partial charge in [0.1, 0.15) is 5.65 Å². The molecule has 1 unspecified atom stereocenters. The average molecular weight is 242 g/mol. The van der Waals surface area contributed by atoms with E-state index in [9.17, 15) is 0 Å². The van der Waals surface area contributed by atoms with Crippen molar-refractivity contribution in [2.24, 2.45) is 0 Å². The molecule has 4 nitrogen and oxygen atoms in total. The van der Waals surface area contributed by atoms with Crippen LogP contribution in [0.2, 0.25) is 0 Å². The summed E-state index contributed by atoms with van der Waals surface area (Å²) in [5, 5.41) is 1.25. The summed E-state index contributed by atoms with van der Waals surface area (Å²) in [5.74, 6) is 0. The molecule has 2 saturated heterocycles. The minimum Gasteiger partial charge on any atom is -0.369 e. The monoisotopic (exact) mass is 242 g/mol. The number of anilines is 1. The summed E-state index contributed by atoms with van der Waals surface area (Å²) in [5.41, 5.74) is 2.78. The molecule has 0 aliphatic carbocycles. The summed E-state index contributed by atoms with van der Waals surface area (Å²) in [6.45, 7) is 3.58. The molecule has 0 aromatic carbocycles. The first kappa shape index (κ1) is 10.4. The lowest BCUT2D eigenvalue weighted by Gasteiger charge is -2.48. The molecule has 0 saturated carbocycles. The van der Waals surface area contributed by atoms with Gasteiger partial charge < -0.3 is 9.88 Å². The Hall–Kier alpha value is -1.55. The Kier molecular flexibility index (Phi) is 2.01. The smallest absolute Gasteiger partial charge is 0.139 e. The fourth-order valence-corrected chi connectivity index (χ4v) is 3.45. The Morgan fingerprint density at radius 3 is 2.89 bits per heavy atom. The van der Waals surface area contributed by atoms with Crippen LogP contribution in [0.3, 0.4) is 0 Å². The molecule has 1 atom stereocenters. The summed E-state index contributed by atoms with van der Waals surface area (Å²) >= 11 is 0. The van der Waals surface area contributed by atoms with Gasteiger partial charge in [0.2, 0.25) is 0 Å². The van der Waals surface area contributed by atoms with Crippen LogP contribution in [0.25, 0.3) is 11.0 Å². The predicted molar refractivity (Wildman–Crippen MR) is 72.9 cm³/mol. The average Bonchev–Trinajstić information content (AvgIpc) is 3.04. The Morgan fingerprint density at radius 1 is 1.28 bits per heavy atom. The van der Waals surface area contributed by atoms with E-state index in [1.165, 1.54) is 30.5 Å². The highest BCUT2D eigenvalue weighted by Crippen LogP contribution is 2.40. The van der Waals surface area contributed by atoms with Crippen molar-refractivity contribution in [2.45, 2.75) is 18.4 Å². The van der Waals surface area contributed by atoms with E-state index in [0.717, 1.165) is 18.7 Å². The van der Waals surface area contributed by atoms with Gasteiger partial charge in [0.15, 0.2) is 0 Å². The quantitative estimate of drug-likeness (QED) is 0.829. The van der Waals surface area contributed by atoms with E-state index in [-0.39, 0.29) is 0 Å². The largest absolute Gasteiger partial charge is 0.369 e. The van der Waals surface area contributed by atoms with Crippen molar-refractivity contribution in [1.29, 1.82) is 0 Å². The first-order valence-corrected chi connectivity index (χ1v) is 6.67. The van der Waals surface area contributed by atoms with E-state index in [1.807, 2.05) is 12.4 Å². The Morgan fingerprint density at radius 2 is 2.17 bits per heavy atom. The number of nitrogens with one attached hydrogen (secondary N) is 1. The SMILES string of the molecule is CN1CCC12CCN(c1ccnc3[nH]ccc13)C2. The first-order valence-electron chi connectivity index (χ1n) is 6.67. The van der Waals surface area contributed by atoms with E-state index in [2.05, 4.69) is 38.9 Å². The molecule has 2 aromatic rings. The molecule has 2 fully saturated rings. The van der Waals surface area contributed by atoms with Crippen LogP contribution in [0.4, 0.5) is 5.69 Å². The van der Waals surface area contributed by atoms with Crippen LogP contribution >= 0.6 is 0 Å². The van der Waals surface area contributed by atoms with Gasteiger partial charge in [0.25, 0.3) is 0 Å². The summed E-state index contributed by atoms with van der Waals surface area (Å²) in [7, 11) is 2.26. The van der Waals surface area contributed by atoms with Gasteiger partial charge in [-0.05, 0) is 32.0 Å². The highest BCUT2D eigenvalue weighted by atomic mass is 15.3. The summed E-state index contributed by atoms with van der Waals surface area (Å²) in [4.78, 5) is 12.6. The molecule has 4 rings (SSSR count). The molecule has 0 amide bonds. The van der Waals surface area contributed by atoms with Gasteiger partial charge in [-0.2, -0.15) is 0 Å². The zero-order valence-corrected chi connectivity index (χ0v) is 10.7.